The van der Waals surface area contributed by atoms with Crippen LogP contribution in [-0.2, 0) is 0 Å². The molecule has 4 rings (SSSR count). The van der Waals surface area contributed by atoms with Gasteiger partial charge < -0.3 is 9.73 Å². The highest BCUT2D eigenvalue weighted by molar-refractivity contribution is 5.77. The molecule has 0 amide bonds. The molecule has 3 heteroatoms. The molecular weight excluding hydrogens is 260 g/mol. The van der Waals surface area contributed by atoms with E-state index in [1.807, 2.05) is 0 Å². The van der Waals surface area contributed by atoms with Crippen LogP contribution in [-0.4, -0.2) is 11.5 Å². The number of aromatic nitrogens is 1. The maximum absolute atomic E-state index is 5.81. The number of hydrogen-bond donors (Lipinski definition) is 1. The van der Waals surface area contributed by atoms with Gasteiger partial charge in [0.05, 0.1) is 0 Å². The zero-order chi connectivity index (χ0) is 14.1. The number of rotatable bonds is 5. The Morgan fingerprint density at radius 1 is 1.10 bits per heavy atom. The Kier molecular flexibility index (Phi) is 3.58. The van der Waals surface area contributed by atoms with Gasteiger partial charge in [-0.15, -0.1) is 0 Å². The molecule has 21 heavy (non-hydrogen) atoms. The normalized spacial score (nSPS) is 20.0. The summed E-state index contributed by atoms with van der Waals surface area (Å²) < 4.78 is 5.81. The Balaban J connectivity index is 1.37. The highest BCUT2D eigenvalue weighted by Gasteiger charge is 2.28. The molecule has 1 N–H and O–H groups in total. The van der Waals surface area contributed by atoms with Crippen LogP contribution in [0, 0.1) is 5.92 Å². The van der Waals surface area contributed by atoms with Crippen molar-refractivity contribution < 1.29 is 4.42 Å². The van der Waals surface area contributed by atoms with Crippen molar-refractivity contribution in [2.45, 2.75) is 57.3 Å². The van der Waals surface area contributed by atoms with E-state index in [1.54, 1.807) is 0 Å². The van der Waals surface area contributed by atoms with Crippen LogP contribution in [0.2, 0.25) is 0 Å². The fourth-order valence-corrected chi connectivity index (χ4v) is 3.46. The summed E-state index contributed by atoms with van der Waals surface area (Å²) in [4.78, 5) is 4.63. The third kappa shape index (κ3) is 3.07. The van der Waals surface area contributed by atoms with E-state index < -0.39 is 0 Å². The Hall–Kier alpha value is -1.51. The van der Waals surface area contributed by atoms with Crippen molar-refractivity contribution in [2.24, 2.45) is 5.92 Å². The number of anilines is 1. The zero-order valence-corrected chi connectivity index (χ0v) is 12.6. The predicted molar refractivity (Wildman–Crippen MR) is 85.7 cm³/mol. The van der Waals surface area contributed by atoms with Gasteiger partial charge in [-0.1, -0.05) is 32.1 Å². The van der Waals surface area contributed by atoms with Crippen molar-refractivity contribution in [3.8, 4) is 0 Å². The summed E-state index contributed by atoms with van der Waals surface area (Å²) in [6, 6.07) is 6.30. The summed E-state index contributed by atoms with van der Waals surface area (Å²) in [5.41, 5.74) is 3.10. The molecule has 1 heterocycles. The van der Waals surface area contributed by atoms with E-state index in [1.165, 1.54) is 57.1 Å². The first-order chi connectivity index (χ1) is 10.4. The number of oxazole rings is 1. The van der Waals surface area contributed by atoms with Gasteiger partial charge in [0.25, 0.3) is 0 Å². The lowest BCUT2D eigenvalue weighted by Gasteiger charge is -2.21. The van der Waals surface area contributed by atoms with Gasteiger partial charge in [-0.05, 0) is 43.4 Å². The maximum atomic E-state index is 5.81. The van der Waals surface area contributed by atoms with E-state index in [-0.39, 0.29) is 0 Å². The topological polar surface area (TPSA) is 38.1 Å². The summed E-state index contributed by atoms with van der Waals surface area (Å²) in [5.74, 6) is 2.45. The van der Waals surface area contributed by atoms with Crippen molar-refractivity contribution in [3.63, 3.8) is 0 Å². The lowest BCUT2D eigenvalue weighted by molar-refractivity contribution is 0.345. The number of hydrogen-bond acceptors (Lipinski definition) is 3. The molecule has 1 aromatic heterocycles. The van der Waals surface area contributed by atoms with Crippen molar-refractivity contribution in [3.05, 3.63) is 24.1 Å². The summed E-state index contributed by atoms with van der Waals surface area (Å²) in [5, 5.41) is 3.56. The van der Waals surface area contributed by atoms with Crippen LogP contribution >= 0.6 is 0 Å². The van der Waals surface area contributed by atoms with Gasteiger partial charge in [-0.25, -0.2) is 4.98 Å². The molecule has 112 valence electrons. The molecule has 0 radical (unpaired) electrons. The van der Waals surface area contributed by atoms with Gasteiger partial charge in [0, 0.05) is 18.2 Å². The second-order valence-electron chi connectivity index (χ2n) is 6.73. The first kappa shape index (κ1) is 13.2. The second-order valence-corrected chi connectivity index (χ2v) is 6.73. The van der Waals surface area contributed by atoms with E-state index in [9.17, 15) is 0 Å². The van der Waals surface area contributed by atoms with E-state index in [0.29, 0.717) is 5.92 Å². The third-order valence-corrected chi connectivity index (χ3v) is 4.94. The van der Waals surface area contributed by atoms with Crippen molar-refractivity contribution >= 4 is 16.8 Å². The van der Waals surface area contributed by atoms with Crippen molar-refractivity contribution in [1.82, 2.24) is 4.98 Å². The van der Waals surface area contributed by atoms with Crippen LogP contribution in [0.3, 0.4) is 0 Å². The lowest BCUT2D eigenvalue weighted by atomic mass is 9.87. The summed E-state index contributed by atoms with van der Waals surface area (Å²) in [6.45, 7) is 1.07. The Bertz CT molecular complexity index is 609. The Labute approximate surface area is 126 Å². The summed E-state index contributed by atoms with van der Waals surface area (Å²) in [6.07, 6.45) is 10.9. The molecule has 0 saturated heterocycles. The lowest BCUT2D eigenvalue weighted by Crippen LogP contribution is -2.12. The van der Waals surface area contributed by atoms with E-state index in [4.69, 9.17) is 4.42 Å². The molecule has 3 nitrogen and oxygen atoms in total. The standard InChI is InChI=1S/C18H24N2O/c1-2-4-13(5-3-1)10-11-19-15-8-9-17-16(12-15)20-18(21-17)14-6-7-14/h8-9,12-14,19H,1-7,10-11H2. The fourth-order valence-electron chi connectivity index (χ4n) is 3.46. The zero-order valence-electron chi connectivity index (χ0n) is 12.6. The SMILES string of the molecule is c1cc2oc(C3CC3)nc2cc1NCCC1CCCCC1. The maximum Gasteiger partial charge on any atom is 0.198 e. The Morgan fingerprint density at radius 2 is 1.95 bits per heavy atom. The average molecular weight is 284 g/mol. The summed E-state index contributed by atoms with van der Waals surface area (Å²) >= 11 is 0. The van der Waals surface area contributed by atoms with Gasteiger partial charge in [-0.3, -0.25) is 0 Å². The number of nitrogens with one attached hydrogen (secondary N) is 1. The molecule has 2 aliphatic rings. The van der Waals surface area contributed by atoms with Crippen molar-refractivity contribution in [2.75, 3.05) is 11.9 Å². The van der Waals surface area contributed by atoms with E-state index in [2.05, 4.69) is 28.5 Å². The number of fused-ring (bicyclic) bond motifs is 1. The van der Waals surface area contributed by atoms with Gasteiger partial charge in [0.2, 0.25) is 0 Å². The Morgan fingerprint density at radius 3 is 2.76 bits per heavy atom. The summed E-state index contributed by atoms with van der Waals surface area (Å²) in [7, 11) is 0. The molecule has 0 spiro atoms. The molecule has 0 unspecified atom stereocenters. The molecule has 2 saturated carbocycles. The first-order valence-corrected chi connectivity index (χ1v) is 8.53. The molecule has 2 aromatic rings. The number of nitrogens with zero attached hydrogens (tertiary/aromatic N) is 1. The largest absolute Gasteiger partial charge is 0.440 e. The molecule has 0 aliphatic heterocycles. The molecule has 0 bridgehead atoms. The van der Waals surface area contributed by atoms with E-state index in [0.717, 1.165) is 29.5 Å². The van der Waals surface area contributed by atoms with Gasteiger partial charge in [0.1, 0.15) is 5.52 Å². The van der Waals surface area contributed by atoms with Crippen molar-refractivity contribution in [1.29, 1.82) is 0 Å². The smallest absolute Gasteiger partial charge is 0.198 e. The molecule has 2 aliphatic carbocycles. The number of benzene rings is 1. The second kappa shape index (κ2) is 5.70. The molecule has 2 fully saturated rings. The third-order valence-electron chi connectivity index (χ3n) is 4.94. The highest BCUT2D eigenvalue weighted by atomic mass is 16.3. The van der Waals surface area contributed by atoms with E-state index >= 15 is 0 Å². The highest BCUT2D eigenvalue weighted by Crippen LogP contribution is 2.40. The van der Waals surface area contributed by atoms with Crippen LogP contribution in [0.1, 0.15) is 63.2 Å². The minimum atomic E-state index is 0.583. The minimum absolute atomic E-state index is 0.583. The van der Waals surface area contributed by atoms with Crippen LogP contribution in [0.5, 0.6) is 0 Å². The minimum Gasteiger partial charge on any atom is -0.440 e. The molecule has 0 atom stereocenters. The quantitative estimate of drug-likeness (QED) is 0.831. The van der Waals surface area contributed by atoms with Crippen LogP contribution < -0.4 is 5.32 Å². The average Bonchev–Trinajstić information content (AvgIpc) is 3.28. The van der Waals surface area contributed by atoms with Gasteiger partial charge >= 0.3 is 0 Å². The van der Waals surface area contributed by atoms with Crippen LogP contribution in [0.15, 0.2) is 22.6 Å². The van der Waals surface area contributed by atoms with Gasteiger partial charge in [0.15, 0.2) is 11.5 Å². The fraction of sp³-hybridized carbons (Fsp3) is 0.611. The molecular formula is C18H24N2O. The van der Waals surface area contributed by atoms with Crippen LogP contribution in [0.4, 0.5) is 5.69 Å². The monoisotopic (exact) mass is 284 g/mol. The molecule has 1 aromatic carbocycles. The van der Waals surface area contributed by atoms with Gasteiger partial charge in [-0.2, -0.15) is 0 Å². The first-order valence-electron chi connectivity index (χ1n) is 8.53. The van der Waals surface area contributed by atoms with Crippen LogP contribution in [0.25, 0.3) is 11.1 Å². The predicted octanol–water partition coefficient (Wildman–Crippen LogP) is 5.09.